The molecule has 2 aromatic carbocycles. The van der Waals surface area contributed by atoms with Gasteiger partial charge in [0, 0.05) is 10.7 Å². The second kappa shape index (κ2) is 8.05. The van der Waals surface area contributed by atoms with Crippen LogP contribution in [0, 0.1) is 0 Å². The van der Waals surface area contributed by atoms with Gasteiger partial charge < -0.3 is 10.1 Å². The first-order valence-corrected chi connectivity index (χ1v) is 9.48. The number of nitrogens with one attached hydrogen (secondary N) is 1. The second-order valence-electron chi connectivity index (χ2n) is 5.24. The Balaban J connectivity index is 2.10. The molecule has 2 aromatic rings. The number of hydrogen-bond acceptors (Lipinski definition) is 5. The topological polar surface area (TPSA) is 116 Å². The van der Waals surface area contributed by atoms with Gasteiger partial charge in [0.15, 0.2) is 6.10 Å². The van der Waals surface area contributed by atoms with Gasteiger partial charge in [0.25, 0.3) is 5.91 Å². The van der Waals surface area contributed by atoms with E-state index in [0.717, 1.165) is 6.07 Å². The van der Waals surface area contributed by atoms with Crippen LogP contribution in [0.1, 0.15) is 17.3 Å². The Labute approximate surface area is 160 Å². The molecule has 7 nitrogen and oxygen atoms in total. The second-order valence-corrected chi connectivity index (χ2v) is 7.61. The molecule has 0 saturated carbocycles. The molecule has 10 heteroatoms. The van der Waals surface area contributed by atoms with E-state index in [1.54, 1.807) is 18.2 Å². The molecule has 0 saturated heterocycles. The quantitative estimate of drug-likeness (QED) is 0.726. The molecule has 0 unspecified atom stereocenters. The van der Waals surface area contributed by atoms with Crippen LogP contribution in [0.5, 0.6) is 0 Å². The SMILES string of the molecule is C[C@@H](OC(=O)c1ccc(Cl)c(S(N)(=O)=O)c1)C(=O)Nc1cccc(Cl)c1. The van der Waals surface area contributed by atoms with E-state index in [4.69, 9.17) is 33.1 Å². The van der Waals surface area contributed by atoms with Crippen LogP contribution < -0.4 is 10.5 Å². The molecule has 1 atom stereocenters. The lowest BCUT2D eigenvalue weighted by molar-refractivity contribution is -0.123. The van der Waals surface area contributed by atoms with Crippen LogP contribution in [0.15, 0.2) is 47.4 Å². The number of amides is 1. The molecule has 0 aliphatic heterocycles. The van der Waals surface area contributed by atoms with Crippen molar-refractivity contribution in [3.05, 3.63) is 58.1 Å². The van der Waals surface area contributed by atoms with Gasteiger partial charge in [-0.05, 0) is 43.3 Å². The van der Waals surface area contributed by atoms with Crippen LogP contribution in [-0.4, -0.2) is 26.4 Å². The molecule has 0 spiro atoms. The Kier molecular flexibility index (Phi) is 6.25. The Hall–Kier alpha value is -2.13. The van der Waals surface area contributed by atoms with Gasteiger partial charge in [-0.1, -0.05) is 29.3 Å². The summed E-state index contributed by atoms with van der Waals surface area (Å²) in [6, 6.07) is 9.90. The maximum Gasteiger partial charge on any atom is 0.338 e. The molecule has 0 bridgehead atoms. The van der Waals surface area contributed by atoms with Crippen molar-refractivity contribution in [1.29, 1.82) is 0 Å². The van der Waals surface area contributed by atoms with Gasteiger partial charge in [0.05, 0.1) is 10.6 Å². The molecule has 26 heavy (non-hydrogen) atoms. The number of ether oxygens (including phenoxy) is 1. The number of primary sulfonamides is 1. The molecule has 0 fully saturated rings. The van der Waals surface area contributed by atoms with E-state index < -0.39 is 32.9 Å². The van der Waals surface area contributed by atoms with Gasteiger partial charge in [0.1, 0.15) is 4.90 Å². The molecular weight excluding hydrogens is 403 g/mol. The zero-order chi connectivity index (χ0) is 19.5. The van der Waals surface area contributed by atoms with Crippen molar-refractivity contribution >= 4 is 50.8 Å². The summed E-state index contributed by atoms with van der Waals surface area (Å²) in [5.74, 6) is -1.48. The summed E-state index contributed by atoms with van der Waals surface area (Å²) in [4.78, 5) is 23.8. The maximum absolute atomic E-state index is 12.2. The van der Waals surface area contributed by atoms with Crippen molar-refractivity contribution in [1.82, 2.24) is 0 Å². The molecule has 0 aliphatic rings. The van der Waals surface area contributed by atoms with Crippen molar-refractivity contribution in [2.24, 2.45) is 5.14 Å². The standard InChI is InChI=1S/C16H14Cl2N2O5S/c1-9(15(21)20-12-4-2-3-11(17)8-12)25-16(22)10-5-6-13(18)14(7-10)26(19,23)24/h2-9H,1H3,(H,20,21)(H2,19,23,24)/t9-/m1/s1. The number of sulfonamides is 1. The Morgan fingerprint density at radius 3 is 2.46 bits per heavy atom. The zero-order valence-electron chi connectivity index (χ0n) is 13.4. The first kappa shape index (κ1) is 20.2. The number of carbonyl (C=O) groups is 2. The van der Waals surface area contributed by atoms with Crippen molar-refractivity contribution < 1.29 is 22.7 Å². The molecular formula is C16H14Cl2N2O5S. The number of halogens is 2. The number of benzene rings is 2. The molecule has 0 radical (unpaired) electrons. The molecule has 0 aliphatic carbocycles. The number of esters is 1. The van der Waals surface area contributed by atoms with Gasteiger partial charge in [-0.15, -0.1) is 0 Å². The maximum atomic E-state index is 12.2. The summed E-state index contributed by atoms with van der Waals surface area (Å²) in [7, 11) is -4.11. The zero-order valence-corrected chi connectivity index (χ0v) is 15.7. The molecule has 0 aromatic heterocycles. The van der Waals surface area contributed by atoms with E-state index in [-0.39, 0.29) is 10.6 Å². The van der Waals surface area contributed by atoms with E-state index in [9.17, 15) is 18.0 Å². The third kappa shape index (κ3) is 5.18. The van der Waals surface area contributed by atoms with Crippen LogP contribution in [0.2, 0.25) is 10.0 Å². The third-order valence-corrected chi connectivity index (χ3v) is 4.85. The average molecular weight is 417 g/mol. The lowest BCUT2D eigenvalue weighted by Gasteiger charge is -2.14. The van der Waals surface area contributed by atoms with Crippen molar-refractivity contribution in [2.75, 3.05) is 5.32 Å². The predicted molar refractivity (Wildman–Crippen MR) is 97.8 cm³/mol. The fourth-order valence-corrected chi connectivity index (χ4v) is 3.20. The Morgan fingerprint density at radius 2 is 1.85 bits per heavy atom. The minimum absolute atomic E-state index is 0.110. The number of carbonyl (C=O) groups excluding carboxylic acids is 2. The minimum Gasteiger partial charge on any atom is -0.449 e. The van der Waals surface area contributed by atoms with Gasteiger partial charge in [0.2, 0.25) is 10.0 Å². The highest BCUT2D eigenvalue weighted by atomic mass is 35.5. The summed E-state index contributed by atoms with van der Waals surface area (Å²) >= 11 is 11.6. The summed E-state index contributed by atoms with van der Waals surface area (Å²) in [6.07, 6.45) is -1.14. The third-order valence-electron chi connectivity index (χ3n) is 3.22. The van der Waals surface area contributed by atoms with E-state index in [0.29, 0.717) is 10.7 Å². The van der Waals surface area contributed by atoms with E-state index in [1.165, 1.54) is 25.1 Å². The minimum atomic E-state index is -4.11. The Bertz CT molecular complexity index is 963. The van der Waals surface area contributed by atoms with E-state index in [1.807, 2.05) is 0 Å². The molecule has 138 valence electrons. The van der Waals surface area contributed by atoms with Crippen LogP contribution in [-0.2, 0) is 19.6 Å². The van der Waals surface area contributed by atoms with Crippen molar-refractivity contribution in [3.8, 4) is 0 Å². The molecule has 3 N–H and O–H groups in total. The van der Waals surface area contributed by atoms with Gasteiger partial charge >= 0.3 is 5.97 Å². The first-order chi connectivity index (χ1) is 12.1. The van der Waals surface area contributed by atoms with Crippen LogP contribution >= 0.6 is 23.2 Å². The predicted octanol–water partition coefficient (Wildman–Crippen LogP) is 2.82. The number of rotatable bonds is 5. The van der Waals surface area contributed by atoms with Crippen LogP contribution in [0.25, 0.3) is 0 Å². The number of nitrogens with two attached hydrogens (primary N) is 1. The molecule has 2 rings (SSSR count). The van der Waals surface area contributed by atoms with Crippen LogP contribution in [0.4, 0.5) is 5.69 Å². The lowest BCUT2D eigenvalue weighted by atomic mass is 10.2. The van der Waals surface area contributed by atoms with E-state index >= 15 is 0 Å². The van der Waals surface area contributed by atoms with Gasteiger partial charge in [-0.3, -0.25) is 4.79 Å². The highest BCUT2D eigenvalue weighted by molar-refractivity contribution is 7.89. The largest absolute Gasteiger partial charge is 0.449 e. The summed E-state index contributed by atoms with van der Waals surface area (Å²) in [5, 5.41) is 7.89. The normalized spacial score (nSPS) is 12.3. The number of anilines is 1. The van der Waals surface area contributed by atoms with Crippen LogP contribution in [0.3, 0.4) is 0 Å². The monoisotopic (exact) mass is 416 g/mol. The summed E-state index contributed by atoms with van der Waals surface area (Å²) < 4.78 is 28.0. The highest BCUT2D eigenvalue weighted by Gasteiger charge is 2.21. The fourth-order valence-electron chi connectivity index (χ4n) is 1.94. The molecule has 1 amide bonds. The smallest absolute Gasteiger partial charge is 0.338 e. The van der Waals surface area contributed by atoms with E-state index in [2.05, 4.69) is 5.32 Å². The van der Waals surface area contributed by atoms with Gasteiger partial charge in [-0.2, -0.15) is 0 Å². The first-order valence-electron chi connectivity index (χ1n) is 7.17. The molecule has 0 heterocycles. The number of hydrogen-bond donors (Lipinski definition) is 2. The summed E-state index contributed by atoms with van der Waals surface area (Å²) in [6.45, 7) is 1.37. The lowest BCUT2D eigenvalue weighted by Crippen LogP contribution is -2.30. The summed E-state index contributed by atoms with van der Waals surface area (Å²) in [5.41, 5.74) is 0.328. The fraction of sp³-hybridized carbons (Fsp3) is 0.125. The van der Waals surface area contributed by atoms with Crippen molar-refractivity contribution in [2.45, 2.75) is 17.9 Å². The average Bonchev–Trinajstić information content (AvgIpc) is 2.54. The van der Waals surface area contributed by atoms with Crippen molar-refractivity contribution in [3.63, 3.8) is 0 Å². The Morgan fingerprint density at radius 1 is 1.15 bits per heavy atom. The van der Waals surface area contributed by atoms with Gasteiger partial charge in [-0.25, -0.2) is 18.4 Å². The highest BCUT2D eigenvalue weighted by Crippen LogP contribution is 2.22.